The summed E-state index contributed by atoms with van der Waals surface area (Å²) in [5.41, 5.74) is 2.91. The largest absolute Gasteiger partial charge is 0.314 e. The van der Waals surface area contributed by atoms with Gasteiger partial charge in [-0.2, -0.15) is 0 Å². The van der Waals surface area contributed by atoms with Crippen LogP contribution < -0.4 is 5.32 Å². The molecule has 2 fully saturated rings. The Kier molecular flexibility index (Phi) is 3.19. The van der Waals surface area contributed by atoms with Gasteiger partial charge in [-0.05, 0) is 50.1 Å². The summed E-state index contributed by atoms with van der Waals surface area (Å²) in [6, 6.07) is 9.88. The predicted octanol–water partition coefficient (Wildman–Crippen LogP) is 3.63. The average molecular weight is 229 g/mol. The fourth-order valence-corrected chi connectivity index (χ4v) is 2.79. The number of hydrogen-bond donors (Lipinski definition) is 1. The van der Waals surface area contributed by atoms with Crippen LogP contribution in [-0.4, -0.2) is 12.6 Å². The molecule has 0 bridgehead atoms. The summed E-state index contributed by atoms with van der Waals surface area (Å²) in [5.74, 6) is 1.88. The topological polar surface area (TPSA) is 12.0 Å². The third-order valence-corrected chi connectivity index (χ3v) is 4.37. The molecule has 1 nitrogen and oxygen atoms in total. The van der Waals surface area contributed by atoms with Crippen LogP contribution in [0.5, 0.6) is 0 Å². The van der Waals surface area contributed by atoms with Crippen LogP contribution in [0.4, 0.5) is 0 Å². The Morgan fingerprint density at radius 1 is 1.12 bits per heavy atom. The maximum atomic E-state index is 3.70. The van der Waals surface area contributed by atoms with Gasteiger partial charge in [0.1, 0.15) is 0 Å². The van der Waals surface area contributed by atoms with Crippen LogP contribution in [0.25, 0.3) is 0 Å². The van der Waals surface area contributed by atoms with Crippen molar-refractivity contribution >= 4 is 0 Å². The Labute approximate surface area is 105 Å². The molecule has 0 atom stereocenters. The number of aryl methyl sites for hydroxylation is 1. The molecular formula is C16H23N. The number of hydrogen-bond acceptors (Lipinski definition) is 1. The first-order valence-corrected chi connectivity index (χ1v) is 7.11. The van der Waals surface area contributed by atoms with E-state index in [0.717, 1.165) is 17.9 Å². The standard InChI is InChI=1S/C16H23N/c1-12-2-6-14(7-3-12)15-10-16(11-15)17-9-8-13-4-5-13/h2-3,6-7,13,15-17H,4-5,8-11H2,1H3. The molecule has 1 aromatic carbocycles. The highest BCUT2D eigenvalue weighted by molar-refractivity contribution is 5.26. The molecule has 0 radical (unpaired) electrons. The highest BCUT2D eigenvalue weighted by Crippen LogP contribution is 2.37. The van der Waals surface area contributed by atoms with E-state index >= 15 is 0 Å². The van der Waals surface area contributed by atoms with Crippen LogP contribution in [-0.2, 0) is 0 Å². The van der Waals surface area contributed by atoms with Crippen molar-refractivity contribution in [2.75, 3.05) is 6.54 Å². The van der Waals surface area contributed by atoms with E-state index in [2.05, 4.69) is 36.5 Å². The van der Waals surface area contributed by atoms with Gasteiger partial charge in [-0.15, -0.1) is 0 Å². The molecule has 0 heterocycles. The summed E-state index contributed by atoms with van der Waals surface area (Å²) >= 11 is 0. The van der Waals surface area contributed by atoms with Gasteiger partial charge in [0.15, 0.2) is 0 Å². The fourth-order valence-electron chi connectivity index (χ4n) is 2.79. The zero-order valence-electron chi connectivity index (χ0n) is 10.8. The Bertz CT molecular complexity index is 358. The molecule has 2 aliphatic carbocycles. The van der Waals surface area contributed by atoms with E-state index < -0.39 is 0 Å². The van der Waals surface area contributed by atoms with Crippen LogP contribution >= 0.6 is 0 Å². The zero-order valence-corrected chi connectivity index (χ0v) is 10.8. The smallest absolute Gasteiger partial charge is 0.00787 e. The van der Waals surface area contributed by atoms with Crippen molar-refractivity contribution in [1.29, 1.82) is 0 Å². The molecule has 17 heavy (non-hydrogen) atoms. The minimum atomic E-state index is 0.792. The van der Waals surface area contributed by atoms with E-state index in [0.29, 0.717) is 0 Å². The van der Waals surface area contributed by atoms with E-state index in [-0.39, 0.29) is 0 Å². The SMILES string of the molecule is Cc1ccc(C2CC(NCCC3CC3)C2)cc1. The lowest BCUT2D eigenvalue weighted by Crippen LogP contribution is -2.40. The maximum absolute atomic E-state index is 3.70. The lowest BCUT2D eigenvalue weighted by molar-refractivity contribution is 0.289. The Morgan fingerprint density at radius 2 is 1.82 bits per heavy atom. The molecule has 0 unspecified atom stereocenters. The lowest BCUT2D eigenvalue weighted by Gasteiger charge is -2.36. The molecule has 92 valence electrons. The Morgan fingerprint density at radius 3 is 2.47 bits per heavy atom. The third kappa shape index (κ3) is 2.90. The van der Waals surface area contributed by atoms with Gasteiger partial charge in [0.05, 0.1) is 0 Å². The van der Waals surface area contributed by atoms with Crippen molar-refractivity contribution in [3.8, 4) is 0 Å². The Balaban J connectivity index is 1.39. The van der Waals surface area contributed by atoms with E-state index in [1.807, 2.05) is 0 Å². The maximum Gasteiger partial charge on any atom is 0.00787 e. The van der Waals surface area contributed by atoms with Gasteiger partial charge in [-0.1, -0.05) is 42.7 Å². The molecule has 3 rings (SSSR count). The van der Waals surface area contributed by atoms with Gasteiger partial charge in [-0.25, -0.2) is 0 Å². The predicted molar refractivity (Wildman–Crippen MR) is 72.3 cm³/mol. The average Bonchev–Trinajstić information content (AvgIpc) is 3.07. The molecule has 1 aromatic rings. The van der Waals surface area contributed by atoms with Gasteiger partial charge in [-0.3, -0.25) is 0 Å². The third-order valence-electron chi connectivity index (χ3n) is 4.37. The summed E-state index contributed by atoms with van der Waals surface area (Å²) in [6.45, 7) is 3.41. The van der Waals surface area contributed by atoms with E-state index in [1.165, 1.54) is 49.8 Å². The molecule has 1 heteroatoms. The molecule has 0 aliphatic heterocycles. The van der Waals surface area contributed by atoms with Gasteiger partial charge in [0, 0.05) is 6.04 Å². The second-order valence-corrected chi connectivity index (χ2v) is 5.96. The number of rotatable bonds is 5. The summed E-state index contributed by atoms with van der Waals surface area (Å²) in [5, 5.41) is 3.70. The Hall–Kier alpha value is -0.820. The molecule has 0 amide bonds. The van der Waals surface area contributed by atoms with Crippen molar-refractivity contribution in [2.24, 2.45) is 5.92 Å². The molecule has 2 saturated carbocycles. The van der Waals surface area contributed by atoms with Crippen molar-refractivity contribution < 1.29 is 0 Å². The summed E-state index contributed by atoms with van der Waals surface area (Å²) in [4.78, 5) is 0. The van der Waals surface area contributed by atoms with Crippen molar-refractivity contribution in [3.05, 3.63) is 35.4 Å². The highest BCUT2D eigenvalue weighted by Gasteiger charge is 2.30. The first-order valence-electron chi connectivity index (χ1n) is 7.11. The van der Waals surface area contributed by atoms with Gasteiger partial charge in [0.2, 0.25) is 0 Å². The van der Waals surface area contributed by atoms with Crippen molar-refractivity contribution in [2.45, 2.75) is 51.0 Å². The summed E-state index contributed by atoms with van der Waals surface area (Å²) in [6.07, 6.45) is 7.06. The summed E-state index contributed by atoms with van der Waals surface area (Å²) in [7, 11) is 0. The number of nitrogens with one attached hydrogen (secondary N) is 1. The second-order valence-electron chi connectivity index (χ2n) is 5.96. The quantitative estimate of drug-likeness (QED) is 0.813. The monoisotopic (exact) mass is 229 g/mol. The van der Waals surface area contributed by atoms with E-state index in [1.54, 1.807) is 0 Å². The lowest BCUT2D eigenvalue weighted by atomic mass is 9.75. The fraction of sp³-hybridized carbons (Fsp3) is 0.625. The van der Waals surface area contributed by atoms with Gasteiger partial charge >= 0.3 is 0 Å². The van der Waals surface area contributed by atoms with E-state index in [9.17, 15) is 0 Å². The number of benzene rings is 1. The summed E-state index contributed by atoms with van der Waals surface area (Å²) < 4.78 is 0. The minimum absolute atomic E-state index is 0.792. The molecule has 1 N–H and O–H groups in total. The van der Waals surface area contributed by atoms with Crippen molar-refractivity contribution in [3.63, 3.8) is 0 Å². The van der Waals surface area contributed by atoms with E-state index in [4.69, 9.17) is 0 Å². The molecule has 0 saturated heterocycles. The van der Waals surface area contributed by atoms with Crippen LogP contribution in [0.2, 0.25) is 0 Å². The first kappa shape index (κ1) is 11.3. The van der Waals surface area contributed by atoms with Crippen LogP contribution in [0.15, 0.2) is 24.3 Å². The minimum Gasteiger partial charge on any atom is -0.314 e. The van der Waals surface area contributed by atoms with Crippen LogP contribution in [0.1, 0.15) is 49.1 Å². The van der Waals surface area contributed by atoms with Crippen LogP contribution in [0.3, 0.4) is 0 Å². The van der Waals surface area contributed by atoms with Gasteiger partial charge < -0.3 is 5.32 Å². The second kappa shape index (κ2) is 4.81. The van der Waals surface area contributed by atoms with Crippen molar-refractivity contribution in [1.82, 2.24) is 5.32 Å². The normalized spacial score (nSPS) is 27.8. The zero-order chi connectivity index (χ0) is 11.7. The highest BCUT2D eigenvalue weighted by atomic mass is 14.9. The van der Waals surface area contributed by atoms with Gasteiger partial charge in [0.25, 0.3) is 0 Å². The molecular weight excluding hydrogens is 206 g/mol. The first-order chi connectivity index (χ1) is 8.31. The molecule has 0 spiro atoms. The van der Waals surface area contributed by atoms with Crippen LogP contribution in [0, 0.1) is 12.8 Å². The molecule has 0 aromatic heterocycles. The molecule has 2 aliphatic rings.